The summed E-state index contributed by atoms with van der Waals surface area (Å²) in [7, 11) is 2.01. The van der Waals surface area contributed by atoms with Gasteiger partial charge in [-0.25, -0.2) is 0 Å². The molecule has 2 saturated heterocycles. The molecule has 2 aliphatic rings. The lowest BCUT2D eigenvalue weighted by atomic mass is 9.95. The van der Waals surface area contributed by atoms with E-state index in [9.17, 15) is 4.79 Å². The molecule has 1 amide bonds. The van der Waals surface area contributed by atoms with Crippen LogP contribution < -0.4 is 5.32 Å². The molecule has 5 heteroatoms. The second kappa shape index (κ2) is 7.22. The molecule has 0 spiro atoms. The van der Waals surface area contributed by atoms with Crippen molar-refractivity contribution in [2.75, 3.05) is 39.9 Å². The van der Waals surface area contributed by atoms with Gasteiger partial charge >= 0.3 is 0 Å². The molecule has 0 unspecified atom stereocenters. The summed E-state index contributed by atoms with van der Waals surface area (Å²) < 4.78 is 11.4. The summed E-state index contributed by atoms with van der Waals surface area (Å²) in [6.07, 6.45) is 0.707. The molecule has 120 valence electrons. The maximum atomic E-state index is 12.2. The number of hydrogen-bond donors (Lipinski definition) is 1. The molecule has 0 aromatic heterocycles. The average Bonchev–Trinajstić information content (AvgIpc) is 3.02. The normalized spacial score (nSPS) is 29.4. The van der Waals surface area contributed by atoms with Crippen LogP contribution in [-0.2, 0) is 14.3 Å². The molecule has 1 N–H and O–H groups in total. The fourth-order valence-corrected chi connectivity index (χ4v) is 3.14. The summed E-state index contributed by atoms with van der Waals surface area (Å²) in [6.45, 7) is 3.56. The van der Waals surface area contributed by atoms with Crippen molar-refractivity contribution in [2.45, 2.75) is 18.6 Å². The number of likely N-dealkylation sites (N-methyl/N-ethyl adjacent to an activating group) is 1. The van der Waals surface area contributed by atoms with Gasteiger partial charge < -0.3 is 19.7 Å². The van der Waals surface area contributed by atoms with Gasteiger partial charge in [-0.15, -0.1) is 0 Å². The molecule has 3 atom stereocenters. The number of hydrogen-bond acceptors (Lipinski definition) is 4. The van der Waals surface area contributed by atoms with Gasteiger partial charge in [0.2, 0.25) is 5.91 Å². The van der Waals surface area contributed by atoms with Crippen molar-refractivity contribution in [1.82, 2.24) is 10.2 Å². The van der Waals surface area contributed by atoms with Crippen molar-refractivity contribution in [3.63, 3.8) is 0 Å². The first-order valence-electron chi connectivity index (χ1n) is 7.98. The minimum Gasteiger partial charge on any atom is -0.373 e. The fourth-order valence-electron chi connectivity index (χ4n) is 3.14. The van der Waals surface area contributed by atoms with Gasteiger partial charge in [0, 0.05) is 32.2 Å². The first-order valence-corrected chi connectivity index (χ1v) is 7.98. The van der Waals surface area contributed by atoms with E-state index in [4.69, 9.17) is 9.47 Å². The van der Waals surface area contributed by atoms with E-state index in [2.05, 4.69) is 22.3 Å². The Kier molecular flexibility index (Phi) is 5.08. The van der Waals surface area contributed by atoms with Crippen LogP contribution in [0.2, 0.25) is 0 Å². The number of carbonyl (C=O) groups excluding carboxylic acids is 1. The molecular formula is C17H24N2O3. The van der Waals surface area contributed by atoms with Crippen LogP contribution >= 0.6 is 0 Å². The van der Waals surface area contributed by atoms with Gasteiger partial charge in [-0.05, 0) is 19.0 Å². The highest BCUT2D eigenvalue weighted by molar-refractivity contribution is 5.81. The first kappa shape index (κ1) is 15.5. The maximum Gasteiger partial charge on any atom is 0.250 e. The molecular weight excluding hydrogens is 280 g/mol. The number of amides is 1. The zero-order chi connectivity index (χ0) is 15.4. The number of ether oxygens (including phenoxy) is 2. The molecule has 0 bridgehead atoms. The van der Waals surface area contributed by atoms with Crippen LogP contribution in [0.4, 0.5) is 0 Å². The SMILES string of the molecule is CN1CCO[C@H](C(=O)NC[C@H]2CCO[C@@H]2c2ccccc2)C1. The van der Waals surface area contributed by atoms with E-state index < -0.39 is 0 Å². The quantitative estimate of drug-likeness (QED) is 0.908. The number of rotatable bonds is 4. The van der Waals surface area contributed by atoms with Gasteiger partial charge in [-0.2, -0.15) is 0 Å². The molecule has 5 nitrogen and oxygen atoms in total. The van der Waals surface area contributed by atoms with E-state index in [1.807, 2.05) is 25.2 Å². The van der Waals surface area contributed by atoms with Gasteiger partial charge in [0.25, 0.3) is 0 Å². The van der Waals surface area contributed by atoms with Gasteiger partial charge in [0.1, 0.15) is 6.10 Å². The zero-order valence-corrected chi connectivity index (χ0v) is 13.0. The topological polar surface area (TPSA) is 50.8 Å². The molecule has 22 heavy (non-hydrogen) atoms. The van der Waals surface area contributed by atoms with Crippen LogP contribution in [0.5, 0.6) is 0 Å². The molecule has 0 radical (unpaired) electrons. The third-order valence-corrected chi connectivity index (χ3v) is 4.44. The minimum absolute atomic E-state index is 0.00902. The van der Waals surface area contributed by atoms with Crippen LogP contribution in [0.25, 0.3) is 0 Å². The highest BCUT2D eigenvalue weighted by atomic mass is 16.5. The molecule has 2 fully saturated rings. The van der Waals surface area contributed by atoms with Crippen molar-refractivity contribution in [1.29, 1.82) is 0 Å². The van der Waals surface area contributed by atoms with E-state index in [0.29, 0.717) is 25.6 Å². The Morgan fingerprint density at radius 1 is 1.27 bits per heavy atom. The fraction of sp³-hybridized carbons (Fsp3) is 0.588. The van der Waals surface area contributed by atoms with E-state index in [0.717, 1.165) is 19.6 Å². The van der Waals surface area contributed by atoms with E-state index in [-0.39, 0.29) is 18.1 Å². The van der Waals surface area contributed by atoms with Crippen LogP contribution in [0.15, 0.2) is 30.3 Å². The molecule has 1 aromatic rings. The van der Waals surface area contributed by atoms with Gasteiger partial charge in [-0.3, -0.25) is 4.79 Å². The van der Waals surface area contributed by atoms with Crippen LogP contribution in [-0.4, -0.2) is 56.8 Å². The second-order valence-corrected chi connectivity index (χ2v) is 6.12. The largest absolute Gasteiger partial charge is 0.373 e. The number of nitrogens with zero attached hydrogens (tertiary/aromatic N) is 1. The van der Waals surface area contributed by atoms with Crippen LogP contribution in [0.3, 0.4) is 0 Å². The zero-order valence-electron chi connectivity index (χ0n) is 13.0. The first-order chi connectivity index (χ1) is 10.7. The number of benzene rings is 1. The predicted molar refractivity (Wildman–Crippen MR) is 83.5 cm³/mol. The predicted octanol–water partition coefficient (Wildman–Crippen LogP) is 1.21. The van der Waals surface area contributed by atoms with Crippen LogP contribution in [0, 0.1) is 5.92 Å². The van der Waals surface area contributed by atoms with Crippen molar-refractivity contribution in [3.8, 4) is 0 Å². The second-order valence-electron chi connectivity index (χ2n) is 6.12. The monoisotopic (exact) mass is 304 g/mol. The smallest absolute Gasteiger partial charge is 0.250 e. The lowest BCUT2D eigenvalue weighted by Crippen LogP contribution is -2.49. The van der Waals surface area contributed by atoms with Crippen molar-refractivity contribution >= 4 is 5.91 Å². The Bertz CT molecular complexity index is 494. The number of nitrogens with one attached hydrogen (secondary N) is 1. The Morgan fingerprint density at radius 3 is 2.86 bits per heavy atom. The van der Waals surface area contributed by atoms with E-state index >= 15 is 0 Å². The summed E-state index contributed by atoms with van der Waals surface area (Å²) in [5.41, 5.74) is 1.19. The summed E-state index contributed by atoms with van der Waals surface area (Å²) in [6, 6.07) is 10.2. The summed E-state index contributed by atoms with van der Waals surface area (Å²) in [5.74, 6) is 0.318. The highest BCUT2D eigenvalue weighted by Gasteiger charge is 2.31. The standard InChI is InChI=1S/C17H24N2O3/c1-19-8-10-21-15(12-19)17(20)18-11-14-7-9-22-16(14)13-5-3-2-4-6-13/h2-6,14-16H,7-12H2,1H3,(H,18,20)/t14-,15+,16-/m1/s1. The third kappa shape index (κ3) is 3.66. The lowest BCUT2D eigenvalue weighted by molar-refractivity contribution is -0.138. The molecule has 2 aliphatic heterocycles. The van der Waals surface area contributed by atoms with Gasteiger partial charge in [-0.1, -0.05) is 30.3 Å². The highest BCUT2D eigenvalue weighted by Crippen LogP contribution is 2.33. The summed E-state index contributed by atoms with van der Waals surface area (Å²) in [5, 5.41) is 3.04. The van der Waals surface area contributed by atoms with Crippen molar-refractivity contribution in [2.24, 2.45) is 5.92 Å². The molecule has 0 aliphatic carbocycles. The van der Waals surface area contributed by atoms with E-state index in [1.165, 1.54) is 5.56 Å². The number of carbonyl (C=O) groups is 1. The van der Waals surface area contributed by atoms with E-state index in [1.54, 1.807) is 0 Å². The van der Waals surface area contributed by atoms with Crippen LogP contribution in [0.1, 0.15) is 18.1 Å². The maximum absolute atomic E-state index is 12.2. The Hall–Kier alpha value is -1.43. The molecule has 0 saturated carbocycles. The van der Waals surface area contributed by atoms with Gasteiger partial charge in [0.15, 0.2) is 0 Å². The summed E-state index contributed by atoms with van der Waals surface area (Å²) >= 11 is 0. The van der Waals surface area contributed by atoms with Crippen molar-refractivity contribution < 1.29 is 14.3 Å². The lowest BCUT2D eigenvalue weighted by Gasteiger charge is -2.29. The molecule has 2 heterocycles. The van der Waals surface area contributed by atoms with Gasteiger partial charge in [0.05, 0.1) is 12.7 Å². The number of morpholine rings is 1. The average molecular weight is 304 g/mol. The summed E-state index contributed by atoms with van der Waals surface area (Å²) in [4.78, 5) is 14.4. The Morgan fingerprint density at radius 2 is 2.09 bits per heavy atom. The Balaban J connectivity index is 1.53. The Labute approximate surface area is 131 Å². The van der Waals surface area contributed by atoms with Crippen molar-refractivity contribution in [3.05, 3.63) is 35.9 Å². The molecule has 3 rings (SSSR count). The molecule has 1 aromatic carbocycles. The minimum atomic E-state index is -0.351. The third-order valence-electron chi connectivity index (χ3n) is 4.44.